The molecule has 4 nitrogen and oxygen atoms in total. The number of rotatable bonds is 2. The molecule has 0 fully saturated rings. The van der Waals surface area contributed by atoms with Crippen LogP contribution in [0.25, 0.3) is 39.2 Å². The summed E-state index contributed by atoms with van der Waals surface area (Å²) in [6, 6.07) is 22.1. The van der Waals surface area contributed by atoms with Gasteiger partial charge in [0.15, 0.2) is 11.6 Å². The van der Waals surface area contributed by atoms with Gasteiger partial charge in [-0.05, 0) is 41.8 Å². The molecule has 0 aliphatic carbocycles. The summed E-state index contributed by atoms with van der Waals surface area (Å²) < 4.78 is 7.60. The van der Waals surface area contributed by atoms with E-state index < -0.39 is 0 Å². The van der Waals surface area contributed by atoms with Crippen LogP contribution in [0.3, 0.4) is 0 Å². The normalized spacial score (nSPS) is 11.3. The van der Waals surface area contributed by atoms with E-state index in [1.165, 1.54) is 5.39 Å². The first-order chi connectivity index (χ1) is 11.9. The second-order valence-corrected chi connectivity index (χ2v) is 5.61. The van der Waals surface area contributed by atoms with E-state index in [2.05, 4.69) is 27.8 Å². The Morgan fingerprint density at radius 3 is 2.58 bits per heavy atom. The molecular formula is C20H13N3O. The first-order valence-electron chi connectivity index (χ1n) is 7.77. The van der Waals surface area contributed by atoms with Crippen molar-refractivity contribution in [2.24, 2.45) is 0 Å². The Morgan fingerprint density at radius 1 is 0.792 bits per heavy atom. The Labute approximate surface area is 138 Å². The third-order valence-electron chi connectivity index (χ3n) is 4.15. The van der Waals surface area contributed by atoms with Gasteiger partial charge >= 0.3 is 0 Å². The summed E-state index contributed by atoms with van der Waals surface area (Å²) in [5.41, 5.74) is 2.01. The van der Waals surface area contributed by atoms with E-state index in [0.717, 1.165) is 22.2 Å². The van der Waals surface area contributed by atoms with Gasteiger partial charge in [0.2, 0.25) is 0 Å². The van der Waals surface area contributed by atoms with Gasteiger partial charge in [-0.2, -0.15) is 0 Å². The largest absolute Gasteiger partial charge is 0.461 e. The predicted octanol–water partition coefficient (Wildman–Crippen LogP) is 4.83. The van der Waals surface area contributed by atoms with Crippen molar-refractivity contribution in [1.29, 1.82) is 0 Å². The lowest BCUT2D eigenvalue weighted by Crippen LogP contribution is -2.01. The zero-order chi connectivity index (χ0) is 15.9. The summed E-state index contributed by atoms with van der Waals surface area (Å²) in [7, 11) is 0. The Morgan fingerprint density at radius 2 is 1.67 bits per heavy atom. The van der Waals surface area contributed by atoms with Gasteiger partial charge in [0.1, 0.15) is 5.82 Å². The molecule has 0 atom stereocenters. The van der Waals surface area contributed by atoms with Crippen LogP contribution in [-0.2, 0) is 0 Å². The highest BCUT2D eigenvalue weighted by Gasteiger charge is 2.13. The van der Waals surface area contributed by atoms with Crippen molar-refractivity contribution >= 4 is 21.8 Å². The van der Waals surface area contributed by atoms with Gasteiger partial charge in [-0.3, -0.25) is 0 Å². The molecule has 5 aromatic rings. The molecule has 2 aromatic carbocycles. The SMILES string of the molecule is c1coc(-c2nc(-n3ccc4ccccc43)c3ccccc3n2)c1. The Balaban J connectivity index is 1.87. The Hall–Kier alpha value is -3.40. The fourth-order valence-electron chi connectivity index (χ4n) is 3.03. The summed E-state index contributed by atoms with van der Waals surface area (Å²) in [6.45, 7) is 0. The summed E-state index contributed by atoms with van der Waals surface area (Å²) in [4.78, 5) is 9.44. The van der Waals surface area contributed by atoms with Crippen molar-refractivity contribution in [3.63, 3.8) is 0 Å². The number of hydrogen-bond acceptors (Lipinski definition) is 3. The highest BCUT2D eigenvalue weighted by atomic mass is 16.3. The van der Waals surface area contributed by atoms with Crippen molar-refractivity contribution < 1.29 is 4.42 Å². The lowest BCUT2D eigenvalue weighted by molar-refractivity contribution is 0.577. The van der Waals surface area contributed by atoms with E-state index >= 15 is 0 Å². The molecule has 0 aliphatic heterocycles. The van der Waals surface area contributed by atoms with Crippen LogP contribution in [0.15, 0.2) is 83.6 Å². The van der Waals surface area contributed by atoms with Crippen LogP contribution in [0.4, 0.5) is 0 Å². The number of hydrogen-bond donors (Lipinski definition) is 0. The van der Waals surface area contributed by atoms with Crippen molar-refractivity contribution in [3.8, 4) is 17.4 Å². The van der Waals surface area contributed by atoms with Crippen molar-refractivity contribution in [2.75, 3.05) is 0 Å². The van der Waals surface area contributed by atoms with Crippen LogP contribution in [0, 0.1) is 0 Å². The minimum Gasteiger partial charge on any atom is -0.461 e. The van der Waals surface area contributed by atoms with Crippen molar-refractivity contribution in [3.05, 3.63) is 79.2 Å². The lowest BCUT2D eigenvalue weighted by Gasteiger charge is -2.10. The predicted molar refractivity (Wildman–Crippen MR) is 94.1 cm³/mol. The minimum absolute atomic E-state index is 0.589. The average molecular weight is 311 g/mol. The number of benzene rings is 2. The third kappa shape index (κ3) is 1.93. The molecule has 0 bridgehead atoms. The summed E-state index contributed by atoms with van der Waals surface area (Å²) in [6.07, 6.45) is 3.68. The maximum atomic E-state index is 5.49. The van der Waals surface area contributed by atoms with Crippen LogP contribution in [0.2, 0.25) is 0 Å². The maximum absolute atomic E-state index is 5.49. The van der Waals surface area contributed by atoms with Gasteiger partial charge < -0.3 is 8.98 Å². The molecule has 0 unspecified atom stereocenters. The highest BCUT2D eigenvalue weighted by Crippen LogP contribution is 2.27. The van der Waals surface area contributed by atoms with Crippen LogP contribution in [-0.4, -0.2) is 14.5 Å². The molecule has 0 amide bonds. The standard InChI is InChI=1S/C20H13N3O/c1-4-9-17-14(6-1)11-12-23(17)20-15-7-2-3-8-16(15)21-19(22-20)18-10-5-13-24-18/h1-13H. The molecule has 3 aromatic heterocycles. The second kappa shape index (κ2) is 5.06. The number of para-hydroxylation sites is 2. The van der Waals surface area contributed by atoms with Gasteiger partial charge in [-0.25, -0.2) is 9.97 Å². The number of aromatic nitrogens is 3. The Kier molecular flexibility index (Phi) is 2.76. The Bertz CT molecular complexity index is 1160. The second-order valence-electron chi connectivity index (χ2n) is 5.61. The maximum Gasteiger partial charge on any atom is 0.198 e. The van der Waals surface area contributed by atoms with Crippen LogP contribution >= 0.6 is 0 Å². The average Bonchev–Trinajstić information content (AvgIpc) is 3.31. The molecule has 0 saturated carbocycles. The first-order valence-corrected chi connectivity index (χ1v) is 7.77. The lowest BCUT2D eigenvalue weighted by atomic mass is 10.2. The molecular weight excluding hydrogens is 298 g/mol. The van der Waals surface area contributed by atoms with E-state index in [0.29, 0.717) is 11.6 Å². The van der Waals surface area contributed by atoms with Gasteiger partial charge in [0.25, 0.3) is 0 Å². The summed E-state index contributed by atoms with van der Waals surface area (Å²) in [5, 5.41) is 2.19. The summed E-state index contributed by atoms with van der Waals surface area (Å²) >= 11 is 0. The molecule has 0 radical (unpaired) electrons. The molecule has 0 saturated heterocycles. The van der Waals surface area contributed by atoms with Crippen LogP contribution in [0.1, 0.15) is 0 Å². The van der Waals surface area contributed by atoms with Gasteiger partial charge in [-0.15, -0.1) is 0 Å². The van der Waals surface area contributed by atoms with Crippen LogP contribution in [0.5, 0.6) is 0 Å². The van der Waals surface area contributed by atoms with E-state index in [9.17, 15) is 0 Å². The molecule has 4 heteroatoms. The molecule has 24 heavy (non-hydrogen) atoms. The fraction of sp³-hybridized carbons (Fsp3) is 0. The van der Waals surface area contributed by atoms with Gasteiger partial charge in [0, 0.05) is 11.6 Å². The zero-order valence-electron chi connectivity index (χ0n) is 12.8. The van der Waals surface area contributed by atoms with Gasteiger partial charge in [0.05, 0.1) is 17.3 Å². The number of fused-ring (bicyclic) bond motifs is 2. The molecule has 114 valence electrons. The van der Waals surface area contributed by atoms with E-state index in [1.54, 1.807) is 6.26 Å². The first kappa shape index (κ1) is 13.1. The molecule has 5 rings (SSSR count). The van der Waals surface area contributed by atoms with E-state index in [1.807, 2.05) is 54.7 Å². The summed E-state index contributed by atoms with van der Waals surface area (Å²) in [5.74, 6) is 2.11. The quantitative estimate of drug-likeness (QED) is 0.469. The molecule has 3 heterocycles. The van der Waals surface area contributed by atoms with Crippen molar-refractivity contribution in [1.82, 2.24) is 14.5 Å². The molecule has 0 N–H and O–H groups in total. The monoisotopic (exact) mass is 311 g/mol. The highest BCUT2D eigenvalue weighted by molar-refractivity contribution is 5.90. The smallest absolute Gasteiger partial charge is 0.198 e. The van der Waals surface area contributed by atoms with E-state index in [-0.39, 0.29) is 0 Å². The van der Waals surface area contributed by atoms with E-state index in [4.69, 9.17) is 9.40 Å². The number of nitrogens with zero attached hydrogens (tertiary/aromatic N) is 3. The van der Waals surface area contributed by atoms with Crippen LogP contribution < -0.4 is 0 Å². The molecule has 0 aliphatic rings. The van der Waals surface area contributed by atoms with Gasteiger partial charge in [-0.1, -0.05) is 30.3 Å². The third-order valence-corrected chi connectivity index (χ3v) is 4.15. The minimum atomic E-state index is 0.589. The topological polar surface area (TPSA) is 43.9 Å². The van der Waals surface area contributed by atoms with Crippen molar-refractivity contribution in [2.45, 2.75) is 0 Å². The zero-order valence-corrected chi connectivity index (χ0v) is 12.8. The molecule has 0 spiro atoms. The number of furan rings is 1. The fourth-order valence-corrected chi connectivity index (χ4v) is 3.03.